The Morgan fingerprint density at radius 1 is 0.952 bits per heavy atom. The van der Waals surface area contributed by atoms with Crippen molar-refractivity contribution in [1.82, 2.24) is 19.5 Å². The molecule has 0 saturated carbocycles. The second-order valence-electron chi connectivity index (χ2n) is 5.21. The van der Waals surface area contributed by atoms with E-state index in [1.54, 1.807) is 0 Å². The van der Waals surface area contributed by atoms with Crippen molar-refractivity contribution in [3.8, 4) is 11.3 Å². The first kappa shape index (κ1) is 12.0. The molecule has 0 saturated heterocycles. The lowest BCUT2D eigenvalue weighted by molar-refractivity contribution is 0.989. The first-order valence-corrected chi connectivity index (χ1v) is 6.86. The summed E-state index contributed by atoms with van der Waals surface area (Å²) in [5.41, 5.74) is 5.10. The molecule has 102 valence electrons. The monoisotopic (exact) mass is 274 g/mol. The van der Waals surface area contributed by atoms with Gasteiger partial charge in [-0.05, 0) is 37.3 Å². The summed E-state index contributed by atoms with van der Waals surface area (Å²) in [6.07, 6.45) is 5.58. The molecule has 0 N–H and O–H groups in total. The van der Waals surface area contributed by atoms with Crippen molar-refractivity contribution in [2.75, 3.05) is 0 Å². The summed E-state index contributed by atoms with van der Waals surface area (Å²) in [5, 5.41) is 2.26. The maximum Gasteiger partial charge on any atom is 0.141 e. The molecule has 0 radical (unpaired) electrons. The van der Waals surface area contributed by atoms with E-state index < -0.39 is 0 Å². The molecule has 0 aliphatic carbocycles. The van der Waals surface area contributed by atoms with Gasteiger partial charge in [0.1, 0.15) is 5.65 Å². The van der Waals surface area contributed by atoms with Crippen molar-refractivity contribution in [2.24, 2.45) is 7.05 Å². The van der Waals surface area contributed by atoms with Crippen LogP contribution in [0.25, 0.3) is 33.2 Å². The fourth-order valence-corrected chi connectivity index (χ4v) is 2.70. The Morgan fingerprint density at radius 3 is 2.67 bits per heavy atom. The molecule has 0 bridgehead atoms. The largest absolute Gasteiger partial charge is 0.328 e. The second-order valence-corrected chi connectivity index (χ2v) is 5.21. The van der Waals surface area contributed by atoms with E-state index in [0.29, 0.717) is 0 Å². The summed E-state index contributed by atoms with van der Waals surface area (Å²) >= 11 is 0. The average Bonchev–Trinajstić information content (AvgIpc) is 2.81. The minimum Gasteiger partial charge on any atom is -0.328 e. The molecule has 0 unspecified atom stereocenters. The van der Waals surface area contributed by atoms with Crippen molar-refractivity contribution in [2.45, 2.75) is 6.92 Å². The zero-order valence-electron chi connectivity index (χ0n) is 11.9. The van der Waals surface area contributed by atoms with E-state index in [1.165, 1.54) is 0 Å². The number of rotatable bonds is 1. The number of aryl methyl sites for hydroxylation is 2. The van der Waals surface area contributed by atoms with Crippen molar-refractivity contribution in [1.29, 1.82) is 0 Å². The molecule has 0 amide bonds. The van der Waals surface area contributed by atoms with Gasteiger partial charge in [-0.3, -0.25) is 9.97 Å². The topological polar surface area (TPSA) is 43.6 Å². The number of pyridine rings is 3. The highest BCUT2D eigenvalue weighted by Gasteiger charge is 2.10. The molecule has 4 aromatic heterocycles. The van der Waals surface area contributed by atoms with Gasteiger partial charge in [0.05, 0.1) is 11.2 Å². The molecule has 0 aromatic carbocycles. The van der Waals surface area contributed by atoms with Crippen LogP contribution in [0.1, 0.15) is 5.69 Å². The number of hydrogen-bond acceptors (Lipinski definition) is 3. The van der Waals surface area contributed by atoms with E-state index >= 15 is 0 Å². The van der Waals surface area contributed by atoms with Crippen LogP contribution in [0.4, 0.5) is 0 Å². The fraction of sp³-hybridized carbons (Fsp3) is 0.118. The third kappa shape index (κ3) is 1.80. The molecule has 4 heterocycles. The Kier molecular flexibility index (Phi) is 2.51. The molecule has 21 heavy (non-hydrogen) atoms. The Morgan fingerprint density at radius 2 is 1.86 bits per heavy atom. The summed E-state index contributed by atoms with van der Waals surface area (Å²) in [4.78, 5) is 13.4. The summed E-state index contributed by atoms with van der Waals surface area (Å²) in [7, 11) is 2.04. The SMILES string of the molecule is Cc1ccc(-c2ccc3c4cnccc4n(C)c3n2)cn1. The maximum absolute atomic E-state index is 4.81. The lowest BCUT2D eigenvalue weighted by Crippen LogP contribution is -1.92. The molecule has 0 spiro atoms. The zero-order valence-corrected chi connectivity index (χ0v) is 11.9. The second kappa shape index (κ2) is 4.38. The molecule has 0 aliphatic rings. The maximum atomic E-state index is 4.81. The molecule has 0 fully saturated rings. The lowest BCUT2D eigenvalue weighted by atomic mass is 10.1. The van der Waals surface area contributed by atoms with Gasteiger partial charge in [-0.25, -0.2) is 4.98 Å². The van der Waals surface area contributed by atoms with Crippen LogP contribution in [0.3, 0.4) is 0 Å². The molecule has 4 aromatic rings. The summed E-state index contributed by atoms with van der Waals surface area (Å²) in [6, 6.07) is 10.2. The number of hydrogen-bond donors (Lipinski definition) is 0. The van der Waals surface area contributed by atoms with Crippen molar-refractivity contribution < 1.29 is 0 Å². The third-order valence-corrected chi connectivity index (χ3v) is 3.85. The van der Waals surface area contributed by atoms with E-state index in [2.05, 4.69) is 26.7 Å². The average molecular weight is 274 g/mol. The van der Waals surface area contributed by atoms with E-state index in [0.717, 1.165) is 38.9 Å². The van der Waals surface area contributed by atoms with Gasteiger partial charge in [0.2, 0.25) is 0 Å². The smallest absolute Gasteiger partial charge is 0.141 e. The Bertz CT molecular complexity index is 952. The minimum absolute atomic E-state index is 0.939. The van der Waals surface area contributed by atoms with Gasteiger partial charge in [0, 0.05) is 47.7 Å². The first-order valence-electron chi connectivity index (χ1n) is 6.86. The van der Waals surface area contributed by atoms with E-state index in [9.17, 15) is 0 Å². The van der Waals surface area contributed by atoms with Crippen LogP contribution in [0.5, 0.6) is 0 Å². The first-order chi connectivity index (χ1) is 10.2. The normalized spacial score (nSPS) is 11.3. The van der Waals surface area contributed by atoms with E-state index in [-0.39, 0.29) is 0 Å². The van der Waals surface area contributed by atoms with Gasteiger partial charge in [0.25, 0.3) is 0 Å². The molecule has 4 heteroatoms. The zero-order chi connectivity index (χ0) is 14.4. The van der Waals surface area contributed by atoms with Crippen LogP contribution in [0, 0.1) is 6.92 Å². The summed E-state index contributed by atoms with van der Waals surface area (Å²) < 4.78 is 2.11. The predicted octanol–water partition coefficient (Wildman–Crippen LogP) is 3.49. The van der Waals surface area contributed by atoms with Gasteiger partial charge in [0.15, 0.2) is 0 Å². The quantitative estimate of drug-likeness (QED) is 0.533. The van der Waals surface area contributed by atoms with Gasteiger partial charge in [-0.1, -0.05) is 0 Å². The van der Waals surface area contributed by atoms with Crippen LogP contribution < -0.4 is 0 Å². The highest BCUT2D eigenvalue weighted by atomic mass is 15.0. The molecule has 0 atom stereocenters. The Labute approximate surface area is 122 Å². The molecule has 4 nitrogen and oxygen atoms in total. The predicted molar refractivity (Wildman–Crippen MR) is 84.0 cm³/mol. The highest BCUT2D eigenvalue weighted by molar-refractivity contribution is 6.06. The Hall–Kier alpha value is -2.75. The van der Waals surface area contributed by atoms with Crippen molar-refractivity contribution in [3.63, 3.8) is 0 Å². The number of aromatic nitrogens is 4. The Balaban J connectivity index is 2.00. The van der Waals surface area contributed by atoms with Gasteiger partial charge in [-0.2, -0.15) is 0 Å². The molecular weight excluding hydrogens is 260 g/mol. The lowest BCUT2D eigenvalue weighted by Gasteiger charge is -2.02. The van der Waals surface area contributed by atoms with E-state index in [1.807, 2.05) is 50.8 Å². The summed E-state index contributed by atoms with van der Waals surface area (Å²) in [6.45, 7) is 1.98. The summed E-state index contributed by atoms with van der Waals surface area (Å²) in [5.74, 6) is 0. The fourth-order valence-electron chi connectivity index (χ4n) is 2.70. The van der Waals surface area contributed by atoms with Crippen LogP contribution in [0.2, 0.25) is 0 Å². The van der Waals surface area contributed by atoms with Crippen molar-refractivity contribution >= 4 is 21.9 Å². The van der Waals surface area contributed by atoms with E-state index in [4.69, 9.17) is 4.98 Å². The molecule has 4 rings (SSSR count). The third-order valence-electron chi connectivity index (χ3n) is 3.85. The highest BCUT2D eigenvalue weighted by Crippen LogP contribution is 2.28. The standard InChI is InChI=1S/C17H14N4/c1-11-3-4-12(9-19-11)15-6-5-13-14-10-18-8-7-16(14)21(2)17(13)20-15/h3-10H,1-2H3. The van der Waals surface area contributed by atoms with Crippen molar-refractivity contribution in [3.05, 3.63) is 54.6 Å². The van der Waals surface area contributed by atoms with Gasteiger partial charge >= 0.3 is 0 Å². The minimum atomic E-state index is 0.939. The molecular formula is C17H14N4. The van der Waals surface area contributed by atoms with Crippen LogP contribution in [-0.4, -0.2) is 19.5 Å². The van der Waals surface area contributed by atoms with Crippen LogP contribution in [-0.2, 0) is 7.05 Å². The van der Waals surface area contributed by atoms with Gasteiger partial charge in [-0.15, -0.1) is 0 Å². The van der Waals surface area contributed by atoms with Crippen LogP contribution >= 0.6 is 0 Å². The van der Waals surface area contributed by atoms with Crippen LogP contribution in [0.15, 0.2) is 48.9 Å². The molecule has 0 aliphatic heterocycles. The number of nitrogens with zero attached hydrogens (tertiary/aromatic N) is 4. The van der Waals surface area contributed by atoms with Gasteiger partial charge < -0.3 is 4.57 Å². The number of fused-ring (bicyclic) bond motifs is 3.